The molecule has 0 unspecified atom stereocenters. The fraction of sp³-hybridized carbons (Fsp3) is 0.231. The molecule has 1 amide bonds. The largest absolute Gasteiger partial charge is 0.378 e. The molecule has 0 aliphatic rings. The van der Waals surface area contributed by atoms with E-state index in [9.17, 15) is 9.59 Å². The highest BCUT2D eigenvalue weighted by Crippen LogP contribution is 2.35. The van der Waals surface area contributed by atoms with Gasteiger partial charge in [0.1, 0.15) is 5.54 Å². The number of hydrogen-bond donors (Lipinski definition) is 2. The zero-order valence-electron chi connectivity index (χ0n) is 19.2. The standard InChI is InChI=1S/C26H30N4O2/c1-19(31)27-28-26(25(32)20-9-7-6-8-10-20,21-11-15-23(16-12-21)29(2)3)22-13-17-24(18-14-22)30(4)5/h6-18,28H,1-5H3,(H,27,31). The Kier molecular flexibility index (Phi) is 6.95. The van der Waals surface area contributed by atoms with Crippen molar-refractivity contribution in [2.24, 2.45) is 0 Å². The first kappa shape index (κ1) is 23.0. The van der Waals surface area contributed by atoms with Crippen molar-refractivity contribution in [2.45, 2.75) is 12.5 Å². The first-order valence-electron chi connectivity index (χ1n) is 10.4. The first-order chi connectivity index (χ1) is 15.3. The maximum absolute atomic E-state index is 14.1. The lowest BCUT2D eigenvalue weighted by atomic mass is 9.77. The average Bonchev–Trinajstić information content (AvgIpc) is 2.80. The summed E-state index contributed by atoms with van der Waals surface area (Å²) in [5.74, 6) is -0.452. The van der Waals surface area contributed by atoms with Crippen molar-refractivity contribution in [2.75, 3.05) is 38.0 Å². The molecule has 32 heavy (non-hydrogen) atoms. The van der Waals surface area contributed by atoms with Crippen LogP contribution >= 0.6 is 0 Å². The van der Waals surface area contributed by atoms with Crippen LogP contribution in [0.15, 0.2) is 78.9 Å². The molecule has 6 heteroatoms. The highest BCUT2D eigenvalue weighted by Gasteiger charge is 2.43. The van der Waals surface area contributed by atoms with Gasteiger partial charge in [0.05, 0.1) is 0 Å². The molecular formula is C26H30N4O2. The number of benzene rings is 3. The lowest BCUT2D eigenvalue weighted by molar-refractivity contribution is -0.120. The van der Waals surface area contributed by atoms with Crippen LogP contribution in [0, 0.1) is 0 Å². The molecule has 0 aromatic heterocycles. The molecule has 0 radical (unpaired) electrons. The number of amides is 1. The second kappa shape index (κ2) is 9.66. The van der Waals surface area contributed by atoms with Gasteiger partial charge in [0, 0.05) is 52.1 Å². The van der Waals surface area contributed by atoms with E-state index in [2.05, 4.69) is 10.9 Å². The topological polar surface area (TPSA) is 64.7 Å². The molecule has 2 N–H and O–H groups in total. The van der Waals surface area contributed by atoms with Crippen molar-refractivity contribution in [3.8, 4) is 0 Å². The van der Waals surface area contributed by atoms with Crippen molar-refractivity contribution in [3.05, 3.63) is 95.6 Å². The van der Waals surface area contributed by atoms with Crippen LogP contribution in [0.3, 0.4) is 0 Å². The summed E-state index contributed by atoms with van der Waals surface area (Å²) in [6.45, 7) is 1.41. The number of carbonyl (C=O) groups excluding carboxylic acids is 2. The lowest BCUT2D eigenvalue weighted by Gasteiger charge is -2.35. The zero-order valence-corrected chi connectivity index (χ0v) is 19.2. The van der Waals surface area contributed by atoms with Crippen molar-refractivity contribution in [1.29, 1.82) is 0 Å². The number of nitrogens with one attached hydrogen (secondary N) is 2. The van der Waals surface area contributed by atoms with Crippen LogP contribution in [-0.4, -0.2) is 39.9 Å². The third-order valence-electron chi connectivity index (χ3n) is 5.44. The van der Waals surface area contributed by atoms with E-state index in [0.717, 1.165) is 22.5 Å². The molecule has 0 aliphatic heterocycles. The third kappa shape index (κ3) is 4.65. The molecule has 3 rings (SSSR count). The molecule has 0 bridgehead atoms. The van der Waals surface area contributed by atoms with Crippen LogP contribution in [0.2, 0.25) is 0 Å². The predicted molar refractivity (Wildman–Crippen MR) is 130 cm³/mol. The first-order valence-corrected chi connectivity index (χ1v) is 10.4. The molecule has 0 saturated heterocycles. The summed E-state index contributed by atoms with van der Waals surface area (Å²) < 4.78 is 0. The van der Waals surface area contributed by atoms with Crippen LogP contribution < -0.4 is 20.7 Å². The van der Waals surface area contributed by atoms with E-state index >= 15 is 0 Å². The van der Waals surface area contributed by atoms with Gasteiger partial charge in [-0.3, -0.25) is 15.0 Å². The Morgan fingerprint density at radius 3 is 1.50 bits per heavy atom. The Hall–Kier alpha value is -3.64. The highest BCUT2D eigenvalue weighted by atomic mass is 16.2. The monoisotopic (exact) mass is 430 g/mol. The zero-order chi connectivity index (χ0) is 23.3. The van der Waals surface area contributed by atoms with E-state index in [1.54, 1.807) is 12.1 Å². The van der Waals surface area contributed by atoms with Gasteiger partial charge in [0.15, 0.2) is 5.78 Å². The van der Waals surface area contributed by atoms with Crippen molar-refractivity contribution >= 4 is 23.1 Å². The molecule has 3 aromatic carbocycles. The number of Topliss-reactive ketones (excluding diaryl/α,β-unsaturated/α-hetero) is 1. The minimum absolute atomic E-state index is 0.165. The maximum atomic E-state index is 14.1. The lowest BCUT2D eigenvalue weighted by Crippen LogP contribution is -2.57. The summed E-state index contributed by atoms with van der Waals surface area (Å²) in [4.78, 5) is 30.0. The van der Waals surface area contributed by atoms with E-state index in [4.69, 9.17) is 0 Å². The summed E-state index contributed by atoms with van der Waals surface area (Å²) in [6.07, 6.45) is 0. The van der Waals surface area contributed by atoms with E-state index in [0.29, 0.717) is 5.56 Å². The normalized spacial score (nSPS) is 11.0. The van der Waals surface area contributed by atoms with Gasteiger partial charge in [-0.15, -0.1) is 0 Å². The minimum atomic E-state index is -1.32. The molecule has 0 saturated carbocycles. The number of hydrogen-bond acceptors (Lipinski definition) is 5. The summed E-state index contributed by atoms with van der Waals surface area (Å²) in [5.41, 5.74) is 8.46. The van der Waals surface area contributed by atoms with E-state index in [1.165, 1.54) is 6.92 Å². The summed E-state index contributed by atoms with van der Waals surface area (Å²) in [6, 6.07) is 24.7. The summed E-state index contributed by atoms with van der Waals surface area (Å²) >= 11 is 0. The number of nitrogens with zero attached hydrogens (tertiary/aromatic N) is 2. The number of hydrazine groups is 1. The fourth-order valence-electron chi connectivity index (χ4n) is 3.64. The highest BCUT2D eigenvalue weighted by molar-refractivity contribution is 6.06. The van der Waals surface area contributed by atoms with Gasteiger partial charge in [0.2, 0.25) is 5.91 Å². The maximum Gasteiger partial charge on any atom is 0.231 e. The van der Waals surface area contributed by atoms with Crippen molar-refractivity contribution < 1.29 is 9.59 Å². The Labute approximate surface area is 189 Å². The number of rotatable bonds is 8. The van der Waals surface area contributed by atoms with Gasteiger partial charge in [-0.05, 0) is 35.4 Å². The molecule has 166 valence electrons. The van der Waals surface area contributed by atoms with Gasteiger partial charge in [-0.2, -0.15) is 0 Å². The Morgan fingerprint density at radius 2 is 1.12 bits per heavy atom. The van der Waals surface area contributed by atoms with Crippen molar-refractivity contribution in [3.63, 3.8) is 0 Å². The van der Waals surface area contributed by atoms with E-state index in [1.807, 2.05) is 105 Å². The van der Waals surface area contributed by atoms with Crippen LogP contribution in [-0.2, 0) is 10.3 Å². The number of anilines is 2. The fourth-order valence-corrected chi connectivity index (χ4v) is 3.64. The van der Waals surface area contributed by atoms with Crippen LogP contribution in [0.4, 0.5) is 11.4 Å². The Bertz CT molecular complexity index is 1010. The van der Waals surface area contributed by atoms with Gasteiger partial charge >= 0.3 is 0 Å². The average molecular weight is 431 g/mol. The molecule has 3 aromatic rings. The SMILES string of the molecule is CC(=O)NNC(C(=O)c1ccccc1)(c1ccc(N(C)C)cc1)c1ccc(N(C)C)cc1. The van der Waals surface area contributed by atoms with Gasteiger partial charge in [-0.1, -0.05) is 54.6 Å². The summed E-state index contributed by atoms with van der Waals surface area (Å²) in [7, 11) is 7.86. The number of carbonyl (C=O) groups is 2. The van der Waals surface area contributed by atoms with Crippen molar-refractivity contribution in [1.82, 2.24) is 10.9 Å². The predicted octanol–water partition coefficient (Wildman–Crippen LogP) is 3.59. The molecular weight excluding hydrogens is 400 g/mol. The molecule has 0 atom stereocenters. The van der Waals surface area contributed by atoms with E-state index < -0.39 is 5.54 Å². The number of ketones is 1. The molecule has 0 aliphatic carbocycles. The second-order valence-electron chi connectivity index (χ2n) is 8.13. The minimum Gasteiger partial charge on any atom is -0.378 e. The summed E-state index contributed by atoms with van der Waals surface area (Å²) in [5, 5.41) is 0. The molecule has 6 nitrogen and oxygen atoms in total. The molecule has 0 spiro atoms. The van der Waals surface area contributed by atoms with Gasteiger partial charge in [-0.25, -0.2) is 5.43 Å². The molecule has 0 fully saturated rings. The quantitative estimate of drug-likeness (QED) is 0.422. The van der Waals surface area contributed by atoms with Crippen LogP contribution in [0.5, 0.6) is 0 Å². The van der Waals surface area contributed by atoms with E-state index in [-0.39, 0.29) is 11.7 Å². The Morgan fingerprint density at radius 1 is 0.688 bits per heavy atom. The van der Waals surface area contributed by atoms with Crippen LogP contribution in [0.25, 0.3) is 0 Å². The smallest absolute Gasteiger partial charge is 0.231 e. The van der Waals surface area contributed by atoms with Gasteiger partial charge in [0.25, 0.3) is 0 Å². The van der Waals surface area contributed by atoms with Crippen LogP contribution in [0.1, 0.15) is 28.4 Å². The Balaban J connectivity index is 2.25. The second-order valence-corrected chi connectivity index (χ2v) is 8.13. The molecule has 0 heterocycles. The van der Waals surface area contributed by atoms with Gasteiger partial charge < -0.3 is 9.80 Å². The third-order valence-corrected chi connectivity index (χ3v) is 5.44.